The van der Waals surface area contributed by atoms with E-state index in [4.69, 9.17) is 4.74 Å². The van der Waals surface area contributed by atoms with Gasteiger partial charge in [0.05, 0.1) is 18.3 Å². The van der Waals surface area contributed by atoms with E-state index in [9.17, 15) is 19.5 Å². The van der Waals surface area contributed by atoms with Crippen LogP contribution >= 0.6 is 0 Å². The Balaban J connectivity index is 1.72. The number of carbonyl (C=O) groups excluding carboxylic acids is 3. The van der Waals surface area contributed by atoms with Crippen molar-refractivity contribution in [3.05, 3.63) is 0 Å². The van der Waals surface area contributed by atoms with Crippen molar-refractivity contribution in [1.29, 1.82) is 0 Å². The van der Waals surface area contributed by atoms with Crippen molar-refractivity contribution >= 4 is 17.9 Å². The molecule has 0 aromatic carbocycles. The molecule has 6 heteroatoms. The Kier molecular flexibility index (Phi) is 2.62. The number of fused-ring (bicyclic) bond motifs is 1. The molecule has 0 amide bonds. The van der Waals surface area contributed by atoms with Crippen LogP contribution in [0.4, 0.5) is 0 Å². The van der Waals surface area contributed by atoms with Crippen molar-refractivity contribution < 1.29 is 29.0 Å². The SMILES string of the molecule is O=C1CC(C2CCC3C(=O)OC(O)C3C2)C(=O)O1. The van der Waals surface area contributed by atoms with Gasteiger partial charge >= 0.3 is 17.9 Å². The highest BCUT2D eigenvalue weighted by molar-refractivity contribution is 5.94. The van der Waals surface area contributed by atoms with E-state index >= 15 is 0 Å². The highest BCUT2D eigenvalue weighted by atomic mass is 16.6. The van der Waals surface area contributed by atoms with E-state index < -0.39 is 24.1 Å². The van der Waals surface area contributed by atoms with Crippen LogP contribution in [0.1, 0.15) is 25.7 Å². The molecule has 2 aliphatic heterocycles. The van der Waals surface area contributed by atoms with Crippen LogP contribution in [0.15, 0.2) is 0 Å². The maximum atomic E-state index is 11.5. The lowest BCUT2D eigenvalue weighted by molar-refractivity contribution is -0.158. The minimum Gasteiger partial charge on any atom is -0.435 e. The van der Waals surface area contributed by atoms with Crippen LogP contribution in [0.3, 0.4) is 0 Å². The first-order chi connectivity index (χ1) is 8.56. The largest absolute Gasteiger partial charge is 0.435 e. The normalized spacial score (nSPS) is 43.6. The molecule has 0 radical (unpaired) electrons. The van der Waals surface area contributed by atoms with Crippen molar-refractivity contribution in [1.82, 2.24) is 0 Å². The predicted molar refractivity (Wildman–Crippen MR) is 55.6 cm³/mol. The van der Waals surface area contributed by atoms with Crippen molar-refractivity contribution in [2.75, 3.05) is 0 Å². The average Bonchev–Trinajstić information content (AvgIpc) is 2.80. The summed E-state index contributed by atoms with van der Waals surface area (Å²) in [5, 5.41) is 9.65. The van der Waals surface area contributed by atoms with E-state index in [-0.39, 0.29) is 30.1 Å². The molecule has 2 saturated heterocycles. The van der Waals surface area contributed by atoms with Gasteiger partial charge in [-0.1, -0.05) is 0 Å². The van der Waals surface area contributed by atoms with E-state index in [1.54, 1.807) is 0 Å². The second-order valence-corrected chi connectivity index (χ2v) is 5.27. The first kappa shape index (κ1) is 11.6. The maximum absolute atomic E-state index is 11.5. The van der Waals surface area contributed by atoms with Crippen molar-refractivity contribution in [2.24, 2.45) is 23.7 Å². The summed E-state index contributed by atoms with van der Waals surface area (Å²) in [6, 6.07) is 0. The molecule has 0 aromatic heterocycles. The molecule has 6 nitrogen and oxygen atoms in total. The van der Waals surface area contributed by atoms with Gasteiger partial charge in [0, 0.05) is 5.92 Å². The number of cyclic esters (lactones) is 3. The zero-order chi connectivity index (χ0) is 12.9. The van der Waals surface area contributed by atoms with Crippen LogP contribution in [0.2, 0.25) is 0 Å². The van der Waals surface area contributed by atoms with Crippen molar-refractivity contribution in [3.63, 3.8) is 0 Å². The molecule has 5 atom stereocenters. The molecule has 0 spiro atoms. The molecule has 3 fully saturated rings. The number of aliphatic hydroxyl groups is 1. The highest BCUT2D eigenvalue weighted by Gasteiger charge is 2.50. The van der Waals surface area contributed by atoms with Gasteiger partial charge in [-0.3, -0.25) is 14.4 Å². The van der Waals surface area contributed by atoms with Crippen LogP contribution in [0.25, 0.3) is 0 Å². The third-order valence-electron chi connectivity index (χ3n) is 4.32. The van der Waals surface area contributed by atoms with Crippen LogP contribution < -0.4 is 0 Å². The summed E-state index contributed by atoms with van der Waals surface area (Å²) in [4.78, 5) is 34.0. The standard InChI is InChI=1S/C12H14O6/c13-9-4-7(11(15)17-9)5-1-2-6-8(3-5)12(16)18-10(6)14/h5-8,12,16H,1-4H2. The van der Waals surface area contributed by atoms with E-state index in [0.29, 0.717) is 19.3 Å². The van der Waals surface area contributed by atoms with Gasteiger partial charge in [0.15, 0.2) is 0 Å². The molecule has 0 aromatic rings. The van der Waals surface area contributed by atoms with Crippen LogP contribution in [-0.2, 0) is 23.9 Å². The average molecular weight is 254 g/mol. The summed E-state index contributed by atoms with van der Waals surface area (Å²) >= 11 is 0. The fourth-order valence-corrected chi connectivity index (χ4v) is 3.36. The van der Waals surface area contributed by atoms with E-state index in [0.717, 1.165) is 0 Å². The Morgan fingerprint density at radius 1 is 1.06 bits per heavy atom. The Labute approximate surface area is 103 Å². The highest BCUT2D eigenvalue weighted by Crippen LogP contribution is 2.45. The number of ether oxygens (including phenoxy) is 2. The summed E-state index contributed by atoms with van der Waals surface area (Å²) in [5.74, 6) is -2.23. The minimum atomic E-state index is -1.07. The molecule has 3 aliphatic rings. The molecule has 2 heterocycles. The summed E-state index contributed by atoms with van der Waals surface area (Å²) in [7, 11) is 0. The van der Waals surface area contributed by atoms with Gasteiger partial charge in [-0.25, -0.2) is 0 Å². The van der Waals surface area contributed by atoms with Crippen LogP contribution in [0.5, 0.6) is 0 Å². The predicted octanol–water partition coefficient (Wildman–Crippen LogP) is -0.0162. The molecule has 98 valence electrons. The number of rotatable bonds is 1. The molecule has 3 rings (SSSR count). The van der Waals surface area contributed by atoms with E-state index in [2.05, 4.69) is 4.74 Å². The van der Waals surface area contributed by atoms with Crippen LogP contribution in [0, 0.1) is 23.7 Å². The molecule has 5 unspecified atom stereocenters. The Morgan fingerprint density at radius 3 is 2.50 bits per heavy atom. The first-order valence-corrected chi connectivity index (χ1v) is 6.19. The topological polar surface area (TPSA) is 89.9 Å². The Bertz CT molecular complexity index is 417. The van der Waals surface area contributed by atoms with Gasteiger partial charge in [-0.05, 0) is 25.2 Å². The number of esters is 3. The molecule has 0 bridgehead atoms. The Hall–Kier alpha value is -1.43. The fraction of sp³-hybridized carbons (Fsp3) is 0.750. The van der Waals surface area contributed by atoms with Crippen molar-refractivity contribution in [3.8, 4) is 0 Å². The van der Waals surface area contributed by atoms with Gasteiger partial charge in [0.25, 0.3) is 0 Å². The first-order valence-electron chi connectivity index (χ1n) is 6.19. The van der Waals surface area contributed by atoms with Gasteiger partial charge in [-0.15, -0.1) is 0 Å². The molecular formula is C12H14O6. The number of aliphatic hydroxyl groups excluding tert-OH is 1. The van der Waals surface area contributed by atoms with Crippen LogP contribution in [-0.4, -0.2) is 29.3 Å². The van der Waals surface area contributed by atoms with Gasteiger partial charge in [0.1, 0.15) is 0 Å². The fourth-order valence-electron chi connectivity index (χ4n) is 3.36. The third kappa shape index (κ3) is 1.71. The summed E-state index contributed by atoms with van der Waals surface area (Å²) in [5.41, 5.74) is 0. The Morgan fingerprint density at radius 2 is 1.83 bits per heavy atom. The summed E-state index contributed by atoms with van der Waals surface area (Å²) in [6.07, 6.45) is 0.869. The molecule has 18 heavy (non-hydrogen) atoms. The van der Waals surface area contributed by atoms with Gasteiger partial charge in [-0.2, -0.15) is 0 Å². The second kappa shape index (κ2) is 4.05. The monoisotopic (exact) mass is 254 g/mol. The zero-order valence-corrected chi connectivity index (χ0v) is 9.70. The lowest BCUT2D eigenvalue weighted by Crippen LogP contribution is -2.33. The van der Waals surface area contributed by atoms with E-state index in [1.807, 2.05) is 0 Å². The quantitative estimate of drug-likeness (QED) is 0.522. The minimum absolute atomic E-state index is 0.00523. The summed E-state index contributed by atoms with van der Waals surface area (Å²) in [6.45, 7) is 0. The molecule has 1 N–H and O–H groups in total. The van der Waals surface area contributed by atoms with E-state index in [1.165, 1.54) is 0 Å². The lowest BCUT2D eigenvalue weighted by Gasteiger charge is -2.31. The van der Waals surface area contributed by atoms with Gasteiger partial charge in [0.2, 0.25) is 6.29 Å². The number of hydrogen-bond acceptors (Lipinski definition) is 6. The third-order valence-corrected chi connectivity index (χ3v) is 4.32. The number of carbonyl (C=O) groups is 3. The second-order valence-electron chi connectivity index (χ2n) is 5.27. The number of hydrogen-bond donors (Lipinski definition) is 1. The zero-order valence-electron chi connectivity index (χ0n) is 9.70. The molecular weight excluding hydrogens is 240 g/mol. The van der Waals surface area contributed by atoms with Crippen molar-refractivity contribution in [2.45, 2.75) is 32.0 Å². The summed E-state index contributed by atoms with van der Waals surface area (Å²) < 4.78 is 9.35. The van der Waals surface area contributed by atoms with Gasteiger partial charge < -0.3 is 14.6 Å². The smallest absolute Gasteiger partial charge is 0.317 e. The lowest BCUT2D eigenvalue weighted by atomic mass is 9.70. The molecule has 1 saturated carbocycles. The molecule has 1 aliphatic carbocycles. The maximum Gasteiger partial charge on any atom is 0.317 e.